The van der Waals surface area contributed by atoms with Crippen LogP contribution in [-0.2, 0) is 4.79 Å². The van der Waals surface area contributed by atoms with Crippen molar-refractivity contribution < 1.29 is 9.72 Å². The van der Waals surface area contributed by atoms with Crippen molar-refractivity contribution in [2.24, 2.45) is 5.92 Å². The molecule has 0 saturated heterocycles. The molecule has 106 valence electrons. The van der Waals surface area contributed by atoms with Gasteiger partial charge in [0.1, 0.15) is 0 Å². The summed E-state index contributed by atoms with van der Waals surface area (Å²) in [4.78, 5) is 22.8. The number of anilines is 1. The summed E-state index contributed by atoms with van der Waals surface area (Å²) in [7, 11) is 0. The van der Waals surface area contributed by atoms with E-state index in [4.69, 9.17) is 0 Å². The van der Waals surface area contributed by atoms with E-state index in [0.717, 1.165) is 36.9 Å². The Balaban J connectivity index is 1.94. The molecule has 0 radical (unpaired) electrons. The van der Waals surface area contributed by atoms with Gasteiger partial charge in [-0.2, -0.15) is 0 Å². The van der Waals surface area contributed by atoms with Crippen LogP contribution in [0, 0.1) is 16.0 Å². The maximum atomic E-state index is 12.2. The Bertz CT molecular complexity index is 548. The minimum Gasteiger partial charge on any atom is -0.325 e. The van der Waals surface area contributed by atoms with Gasteiger partial charge in [0.15, 0.2) is 0 Å². The summed E-state index contributed by atoms with van der Waals surface area (Å²) in [6.07, 6.45) is 6.84. The lowest BCUT2D eigenvalue weighted by atomic mass is 9.82. The highest BCUT2D eigenvalue weighted by Gasteiger charge is 2.37. The van der Waals surface area contributed by atoms with Gasteiger partial charge in [0, 0.05) is 17.8 Å². The zero-order chi connectivity index (χ0) is 14.1. The van der Waals surface area contributed by atoms with Crippen molar-refractivity contribution >= 4 is 17.3 Å². The Morgan fingerprint density at radius 2 is 1.85 bits per heavy atom. The number of nitrogens with zero attached hydrogens (tertiary/aromatic N) is 1. The van der Waals surface area contributed by atoms with E-state index < -0.39 is 4.92 Å². The number of hydrogen-bond acceptors (Lipinski definition) is 3. The molecule has 0 bridgehead atoms. The predicted molar refractivity (Wildman–Crippen MR) is 75.7 cm³/mol. The Kier molecular flexibility index (Phi) is 3.42. The number of nitro groups is 1. The standard InChI is InChI=1S/C15H18N2O3/c18-15-14(10-5-3-1-2-4-6-10)12-9-11(17(19)20)7-8-13(12)16-15/h7-10,14H,1-6H2,(H,16,18). The summed E-state index contributed by atoms with van der Waals surface area (Å²) < 4.78 is 0. The molecule has 1 heterocycles. The topological polar surface area (TPSA) is 72.2 Å². The first-order chi connectivity index (χ1) is 9.66. The SMILES string of the molecule is O=C1Nc2ccc([N+](=O)[O-])cc2C1C1CCCCCC1. The predicted octanol–water partition coefficient (Wildman–Crippen LogP) is 3.60. The molecule has 1 aromatic carbocycles. The molecule has 2 aliphatic rings. The third-order valence-electron chi connectivity index (χ3n) is 4.49. The van der Waals surface area contributed by atoms with Crippen LogP contribution in [0.4, 0.5) is 11.4 Å². The zero-order valence-electron chi connectivity index (χ0n) is 11.3. The Morgan fingerprint density at radius 3 is 2.50 bits per heavy atom. The third kappa shape index (κ3) is 2.28. The number of hydrogen-bond donors (Lipinski definition) is 1. The smallest absolute Gasteiger partial charge is 0.269 e. The average Bonchev–Trinajstić information content (AvgIpc) is 2.61. The first-order valence-electron chi connectivity index (χ1n) is 7.26. The van der Waals surface area contributed by atoms with Gasteiger partial charge in [0.2, 0.25) is 5.91 Å². The number of rotatable bonds is 2. The van der Waals surface area contributed by atoms with Crippen LogP contribution in [0.5, 0.6) is 0 Å². The average molecular weight is 274 g/mol. The number of carbonyl (C=O) groups is 1. The van der Waals surface area contributed by atoms with Gasteiger partial charge in [-0.3, -0.25) is 14.9 Å². The lowest BCUT2D eigenvalue weighted by molar-refractivity contribution is -0.384. The number of nitrogens with one attached hydrogen (secondary N) is 1. The highest BCUT2D eigenvalue weighted by atomic mass is 16.6. The summed E-state index contributed by atoms with van der Waals surface area (Å²) >= 11 is 0. The van der Waals surface area contributed by atoms with Crippen LogP contribution in [0.2, 0.25) is 0 Å². The van der Waals surface area contributed by atoms with E-state index in [0.29, 0.717) is 5.92 Å². The van der Waals surface area contributed by atoms with Crippen molar-refractivity contribution in [1.82, 2.24) is 0 Å². The highest BCUT2D eigenvalue weighted by Crippen LogP contribution is 2.43. The molecule has 1 aromatic rings. The van der Waals surface area contributed by atoms with Crippen LogP contribution in [-0.4, -0.2) is 10.8 Å². The molecule has 1 aliphatic carbocycles. The van der Waals surface area contributed by atoms with E-state index in [9.17, 15) is 14.9 Å². The summed E-state index contributed by atoms with van der Waals surface area (Å²) in [6.45, 7) is 0. The molecule has 1 saturated carbocycles. The van der Waals surface area contributed by atoms with Crippen molar-refractivity contribution in [3.63, 3.8) is 0 Å². The summed E-state index contributed by atoms with van der Waals surface area (Å²) in [6, 6.07) is 4.68. The molecule has 1 N–H and O–H groups in total. The zero-order valence-corrected chi connectivity index (χ0v) is 11.3. The number of carbonyl (C=O) groups excluding carboxylic acids is 1. The molecular formula is C15H18N2O3. The normalized spacial score (nSPS) is 23.0. The molecule has 3 rings (SSSR count). The van der Waals surface area contributed by atoms with Crippen molar-refractivity contribution in [2.45, 2.75) is 44.4 Å². The van der Waals surface area contributed by atoms with E-state index in [2.05, 4.69) is 5.32 Å². The van der Waals surface area contributed by atoms with Gasteiger partial charge in [-0.15, -0.1) is 0 Å². The fourth-order valence-corrected chi connectivity index (χ4v) is 3.50. The molecular weight excluding hydrogens is 256 g/mol. The minimum atomic E-state index is -0.396. The lowest BCUT2D eigenvalue weighted by Gasteiger charge is -2.20. The van der Waals surface area contributed by atoms with Crippen LogP contribution >= 0.6 is 0 Å². The van der Waals surface area contributed by atoms with Crippen LogP contribution in [0.3, 0.4) is 0 Å². The van der Waals surface area contributed by atoms with Gasteiger partial charge in [-0.25, -0.2) is 0 Å². The van der Waals surface area contributed by atoms with E-state index >= 15 is 0 Å². The maximum Gasteiger partial charge on any atom is 0.269 e. The summed E-state index contributed by atoms with van der Waals surface area (Å²) in [5, 5.41) is 13.8. The summed E-state index contributed by atoms with van der Waals surface area (Å²) in [5.74, 6) is 0.121. The third-order valence-corrected chi connectivity index (χ3v) is 4.49. The quantitative estimate of drug-likeness (QED) is 0.508. The first kappa shape index (κ1) is 13.1. The van der Waals surface area contributed by atoms with Gasteiger partial charge in [0.05, 0.1) is 10.8 Å². The van der Waals surface area contributed by atoms with Crippen LogP contribution in [0.15, 0.2) is 18.2 Å². The fourth-order valence-electron chi connectivity index (χ4n) is 3.50. The molecule has 5 nitrogen and oxygen atoms in total. The van der Waals surface area contributed by atoms with E-state index in [-0.39, 0.29) is 17.5 Å². The van der Waals surface area contributed by atoms with E-state index in [1.54, 1.807) is 12.1 Å². The Hall–Kier alpha value is -1.91. The number of benzene rings is 1. The van der Waals surface area contributed by atoms with Gasteiger partial charge >= 0.3 is 0 Å². The van der Waals surface area contributed by atoms with Crippen LogP contribution < -0.4 is 5.32 Å². The molecule has 20 heavy (non-hydrogen) atoms. The number of fused-ring (bicyclic) bond motifs is 1. The second-order valence-corrected chi connectivity index (χ2v) is 5.75. The number of amides is 1. The van der Waals surface area contributed by atoms with E-state index in [1.165, 1.54) is 18.9 Å². The monoisotopic (exact) mass is 274 g/mol. The van der Waals surface area contributed by atoms with Gasteiger partial charge < -0.3 is 5.32 Å². The molecule has 1 unspecified atom stereocenters. The minimum absolute atomic E-state index is 0.00685. The second-order valence-electron chi connectivity index (χ2n) is 5.75. The summed E-state index contributed by atoms with van der Waals surface area (Å²) in [5.41, 5.74) is 1.63. The molecule has 1 amide bonds. The largest absolute Gasteiger partial charge is 0.325 e. The lowest BCUT2D eigenvalue weighted by Crippen LogP contribution is -2.20. The van der Waals surface area contributed by atoms with Crippen LogP contribution in [0.1, 0.15) is 50.0 Å². The molecule has 5 heteroatoms. The molecule has 1 atom stereocenters. The Labute approximate surface area is 117 Å². The number of nitro benzene ring substituents is 1. The molecule has 0 spiro atoms. The second kappa shape index (κ2) is 5.23. The van der Waals surface area contributed by atoms with Gasteiger partial charge in [0.25, 0.3) is 5.69 Å². The van der Waals surface area contributed by atoms with Crippen molar-refractivity contribution in [1.29, 1.82) is 0 Å². The van der Waals surface area contributed by atoms with Gasteiger partial charge in [-0.1, -0.05) is 25.7 Å². The van der Waals surface area contributed by atoms with Crippen LogP contribution in [0.25, 0.3) is 0 Å². The van der Waals surface area contributed by atoms with Crippen molar-refractivity contribution in [3.05, 3.63) is 33.9 Å². The van der Waals surface area contributed by atoms with Crippen molar-refractivity contribution in [3.8, 4) is 0 Å². The maximum absolute atomic E-state index is 12.2. The van der Waals surface area contributed by atoms with Crippen molar-refractivity contribution in [2.75, 3.05) is 5.32 Å². The highest BCUT2D eigenvalue weighted by molar-refractivity contribution is 6.03. The van der Waals surface area contributed by atoms with Gasteiger partial charge in [-0.05, 0) is 30.4 Å². The molecule has 0 aromatic heterocycles. The number of non-ortho nitro benzene ring substituents is 1. The molecule has 1 aliphatic heterocycles. The Morgan fingerprint density at radius 1 is 1.15 bits per heavy atom. The fraction of sp³-hybridized carbons (Fsp3) is 0.533. The van der Waals surface area contributed by atoms with E-state index in [1.807, 2.05) is 0 Å². The molecule has 1 fully saturated rings. The first-order valence-corrected chi connectivity index (χ1v) is 7.26.